The topological polar surface area (TPSA) is 57.6 Å². The van der Waals surface area contributed by atoms with Crippen LogP contribution in [0.15, 0.2) is 66.0 Å². The molecule has 0 saturated carbocycles. The lowest BCUT2D eigenvalue weighted by molar-refractivity contribution is 0.0583. The summed E-state index contributed by atoms with van der Waals surface area (Å²) >= 11 is 1.59. The van der Waals surface area contributed by atoms with Gasteiger partial charge >= 0.3 is 6.03 Å². The number of rotatable bonds is 4. The number of urea groups is 1. The molecule has 35 heavy (non-hydrogen) atoms. The van der Waals surface area contributed by atoms with E-state index >= 15 is 0 Å². The lowest BCUT2D eigenvalue weighted by atomic mass is 10.1. The number of para-hydroxylation sites is 1. The molecule has 1 atom stereocenters. The summed E-state index contributed by atoms with van der Waals surface area (Å²) < 4.78 is 15.4. The lowest BCUT2D eigenvalue weighted by Gasteiger charge is -2.39. The van der Waals surface area contributed by atoms with Crippen molar-refractivity contribution in [1.82, 2.24) is 14.4 Å². The van der Waals surface area contributed by atoms with Gasteiger partial charge in [-0.3, -0.25) is 4.79 Å². The number of amides is 3. The number of nitrogens with zero attached hydrogens (tertiary/aromatic N) is 3. The van der Waals surface area contributed by atoms with Gasteiger partial charge in [-0.05, 0) is 60.7 Å². The summed E-state index contributed by atoms with van der Waals surface area (Å²) in [6.07, 6.45) is 0. The maximum Gasteiger partial charge on any atom is 0.322 e. The Bertz CT molecular complexity index is 1380. The summed E-state index contributed by atoms with van der Waals surface area (Å²) in [4.78, 5) is 31.2. The molecule has 4 aromatic rings. The Balaban J connectivity index is 1.32. The summed E-state index contributed by atoms with van der Waals surface area (Å²) in [7, 11) is 0. The molecule has 3 amide bonds. The molecule has 1 aliphatic rings. The van der Waals surface area contributed by atoms with Crippen LogP contribution in [0.3, 0.4) is 0 Å². The molecule has 0 bridgehead atoms. The van der Waals surface area contributed by atoms with Gasteiger partial charge in [-0.1, -0.05) is 30.3 Å². The fourth-order valence-corrected chi connectivity index (χ4v) is 5.48. The molecule has 3 heterocycles. The third kappa shape index (κ3) is 4.66. The highest BCUT2D eigenvalue weighted by Gasteiger charge is 2.32. The molecule has 2 aromatic heterocycles. The number of aromatic nitrogens is 1. The SMILES string of the molecule is Cc1ccccc1NC(=O)N1CCN(C(=O)c2cc3ccsc3n2Cc2ccc(F)cc2)C[C@@H]1C. The van der Waals surface area contributed by atoms with E-state index in [2.05, 4.69) is 5.32 Å². The predicted molar refractivity (Wildman–Crippen MR) is 138 cm³/mol. The van der Waals surface area contributed by atoms with Gasteiger partial charge in [0.2, 0.25) is 0 Å². The number of hydrogen-bond donors (Lipinski definition) is 1. The van der Waals surface area contributed by atoms with Gasteiger partial charge in [-0.2, -0.15) is 0 Å². The van der Waals surface area contributed by atoms with Gasteiger partial charge in [0.1, 0.15) is 16.3 Å². The molecular formula is C27H27FN4O2S. The Morgan fingerprint density at radius 1 is 1.09 bits per heavy atom. The second-order valence-corrected chi connectivity index (χ2v) is 9.86. The molecule has 0 radical (unpaired) electrons. The molecule has 0 aliphatic carbocycles. The number of carbonyl (C=O) groups is 2. The van der Waals surface area contributed by atoms with Crippen LogP contribution >= 0.6 is 11.3 Å². The fraction of sp³-hybridized carbons (Fsp3) is 0.259. The Hall–Kier alpha value is -3.65. The first kappa shape index (κ1) is 23.1. The van der Waals surface area contributed by atoms with Crippen LogP contribution in [0.25, 0.3) is 10.2 Å². The normalized spacial score (nSPS) is 16.0. The van der Waals surface area contributed by atoms with Gasteiger partial charge in [0.05, 0.1) is 0 Å². The molecule has 5 rings (SSSR count). The largest absolute Gasteiger partial charge is 0.334 e. The van der Waals surface area contributed by atoms with Crippen LogP contribution in [0.2, 0.25) is 0 Å². The summed E-state index contributed by atoms with van der Waals surface area (Å²) in [5, 5.41) is 6.02. The van der Waals surface area contributed by atoms with Crippen LogP contribution in [0.5, 0.6) is 0 Å². The van der Waals surface area contributed by atoms with E-state index in [-0.39, 0.29) is 23.8 Å². The van der Waals surface area contributed by atoms with Crippen LogP contribution in [0, 0.1) is 12.7 Å². The van der Waals surface area contributed by atoms with Crippen LogP contribution < -0.4 is 5.32 Å². The third-order valence-corrected chi connectivity index (χ3v) is 7.49. The molecule has 1 aliphatic heterocycles. The molecule has 0 spiro atoms. The van der Waals surface area contributed by atoms with E-state index < -0.39 is 0 Å². The minimum Gasteiger partial charge on any atom is -0.334 e. The van der Waals surface area contributed by atoms with Gasteiger partial charge < -0.3 is 19.7 Å². The number of halogens is 1. The smallest absolute Gasteiger partial charge is 0.322 e. The number of aryl methyl sites for hydroxylation is 1. The molecule has 1 N–H and O–H groups in total. The molecule has 180 valence electrons. The van der Waals surface area contributed by atoms with E-state index in [1.165, 1.54) is 12.1 Å². The number of hydrogen-bond acceptors (Lipinski definition) is 3. The first-order valence-electron chi connectivity index (χ1n) is 11.6. The van der Waals surface area contributed by atoms with Crippen LogP contribution in [0.4, 0.5) is 14.9 Å². The zero-order chi connectivity index (χ0) is 24.5. The molecule has 1 saturated heterocycles. The highest BCUT2D eigenvalue weighted by atomic mass is 32.1. The number of benzene rings is 2. The van der Waals surface area contributed by atoms with Crippen molar-refractivity contribution >= 4 is 39.2 Å². The van der Waals surface area contributed by atoms with Crippen molar-refractivity contribution in [2.24, 2.45) is 0 Å². The van der Waals surface area contributed by atoms with Gasteiger partial charge in [-0.15, -0.1) is 11.3 Å². The Morgan fingerprint density at radius 3 is 2.60 bits per heavy atom. The molecule has 1 fully saturated rings. The summed E-state index contributed by atoms with van der Waals surface area (Å²) in [5.41, 5.74) is 3.34. The quantitative estimate of drug-likeness (QED) is 0.406. The zero-order valence-electron chi connectivity index (χ0n) is 19.7. The van der Waals surface area contributed by atoms with Gasteiger partial charge in [-0.25, -0.2) is 9.18 Å². The summed E-state index contributed by atoms with van der Waals surface area (Å²) in [6.45, 7) is 5.78. The number of piperazine rings is 1. The van der Waals surface area contributed by atoms with E-state index in [1.54, 1.807) is 28.4 Å². The number of nitrogens with one attached hydrogen (secondary N) is 1. The average Bonchev–Trinajstić information content (AvgIpc) is 3.44. The van der Waals surface area contributed by atoms with E-state index in [1.807, 2.05) is 65.1 Å². The highest BCUT2D eigenvalue weighted by molar-refractivity contribution is 7.16. The van der Waals surface area contributed by atoms with Gasteiger partial charge in [0.25, 0.3) is 5.91 Å². The molecule has 2 aromatic carbocycles. The van der Waals surface area contributed by atoms with Crippen molar-refractivity contribution in [3.05, 3.63) is 88.7 Å². The number of fused-ring (bicyclic) bond motifs is 1. The van der Waals surface area contributed by atoms with Crippen molar-refractivity contribution in [3.63, 3.8) is 0 Å². The zero-order valence-corrected chi connectivity index (χ0v) is 20.5. The van der Waals surface area contributed by atoms with Crippen molar-refractivity contribution < 1.29 is 14.0 Å². The molecule has 0 unspecified atom stereocenters. The molecule has 6 nitrogen and oxygen atoms in total. The monoisotopic (exact) mass is 490 g/mol. The molecular weight excluding hydrogens is 463 g/mol. The Kier molecular flexibility index (Phi) is 6.30. The maximum absolute atomic E-state index is 13.6. The van der Waals surface area contributed by atoms with Crippen molar-refractivity contribution in [2.45, 2.75) is 26.4 Å². The minimum atomic E-state index is -0.280. The van der Waals surface area contributed by atoms with Crippen molar-refractivity contribution in [1.29, 1.82) is 0 Å². The van der Waals surface area contributed by atoms with Crippen LogP contribution in [-0.2, 0) is 6.54 Å². The van der Waals surface area contributed by atoms with E-state index in [9.17, 15) is 14.0 Å². The second kappa shape index (κ2) is 9.54. The highest BCUT2D eigenvalue weighted by Crippen LogP contribution is 2.28. The average molecular weight is 491 g/mol. The fourth-order valence-electron chi connectivity index (χ4n) is 4.59. The number of thiophene rings is 1. The van der Waals surface area contributed by atoms with E-state index in [0.29, 0.717) is 31.9 Å². The predicted octanol–water partition coefficient (Wildman–Crippen LogP) is 5.58. The van der Waals surface area contributed by atoms with Crippen LogP contribution in [0.1, 0.15) is 28.5 Å². The minimum absolute atomic E-state index is 0.0543. The number of anilines is 1. The van der Waals surface area contributed by atoms with Gasteiger partial charge in [0, 0.05) is 43.3 Å². The Morgan fingerprint density at radius 2 is 1.86 bits per heavy atom. The number of carbonyl (C=O) groups excluding carboxylic acids is 2. The second-order valence-electron chi connectivity index (χ2n) is 8.96. The maximum atomic E-state index is 13.6. The van der Waals surface area contributed by atoms with Gasteiger partial charge in [0.15, 0.2) is 0 Å². The first-order chi connectivity index (χ1) is 16.9. The van der Waals surface area contributed by atoms with Crippen LogP contribution in [-0.4, -0.2) is 52.0 Å². The molecule has 8 heteroatoms. The third-order valence-electron chi connectivity index (χ3n) is 6.54. The first-order valence-corrected chi connectivity index (χ1v) is 12.5. The van der Waals surface area contributed by atoms with Crippen molar-refractivity contribution in [2.75, 3.05) is 25.0 Å². The Labute approximate surface area is 207 Å². The lowest BCUT2D eigenvalue weighted by Crippen LogP contribution is -2.56. The van der Waals surface area contributed by atoms with E-state index in [4.69, 9.17) is 0 Å². The summed E-state index contributed by atoms with van der Waals surface area (Å²) in [6, 6.07) is 17.7. The van der Waals surface area contributed by atoms with Crippen molar-refractivity contribution in [3.8, 4) is 0 Å². The van der Waals surface area contributed by atoms with E-state index in [0.717, 1.165) is 27.0 Å². The summed E-state index contributed by atoms with van der Waals surface area (Å²) in [5.74, 6) is -0.335. The standard InChI is InChI=1S/C27H27FN4O2S/c1-18-5-3-4-6-23(18)29-27(34)31-13-12-30(16-19(31)2)25(33)24-15-21-11-14-35-26(21)32(24)17-20-7-9-22(28)10-8-20/h3-11,14-15,19H,12-13,16-17H2,1-2H3,(H,29,34)/t19-/m0/s1.